The molecule has 0 fully saturated rings. The number of oxime groups is 1. The molecule has 3 rings (SSSR count). The van der Waals surface area contributed by atoms with E-state index in [1.165, 1.54) is 12.3 Å². The zero-order chi connectivity index (χ0) is 17.8. The van der Waals surface area contributed by atoms with E-state index in [1.54, 1.807) is 18.2 Å². The minimum atomic E-state index is 0.0342. The molecule has 0 radical (unpaired) electrons. The number of hydrogen-bond donors (Lipinski definition) is 2. The van der Waals surface area contributed by atoms with Crippen molar-refractivity contribution in [1.29, 1.82) is 0 Å². The van der Waals surface area contributed by atoms with E-state index >= 15 is 0 Å². The summed E-state index contributed by atoms with van der Waals surface area (Å²) in [5, 5.41) is 31.1. The highest BCUT2D eigenvalue weighted by Crippen LogP contribution is 2.33. The molecule has 25 heavy (non-hydrogen) atoms. The number of phenols is 1. The smallest absolute Gasteiger partial charge is 0.141 e. The lowest BCUT2D eigenvalue weighted by Gasteiger charge is -2.05. The van der Waals surface area contributed by atoms with Gasteiger partial charge in [-0.1, -0.05) is 24.2 Å². The van der Waals surface area contributed by atoms with Crippen LogP contribution in [-0.2, 0) is 6.42 Å². The van der Waals surface area contributed by atoms with Gasteiger partial charge in [0.1, 0.15) is 11.3 Å². The highest BCUT2D eigenvalue weighted by Gasteiger charge is 2.08. The molecule has 6 nitrogen and oxygen atoms in total. The quantitative estimate of drug-likeness (QED) is 0.303. The summed E-state index contributed by atoms with van der Waals surface area (Å²) in [5.41, 5.74) is 4.51. The Morgan fingerprint density at radius 3 is 2.60 bits per heavy atom. The summed E-state index contributed by atoms with van der Waals surface area (Å²) in [6, 6.07) is 12.8. The highest BCUT2D eigenvalue weighted by molar-refractivity contribution is 5.95. The largest absolute Gasteiger partial charge is 0.506 e. The van der Waals surface area contributed by atoms with Crippen molar-refractivity contribution in [2.45, 2.75) is 20.3 Å². The SMILES string of the molecule is CCc1ccc(C)cc1N=Nc1ccc(O)c2nc(/C=N/O)ccc12. The van der Waals surface area contributed by atoms with Crippen LogP contribution in [0.4, 0.5) is 11.4 Å². The van der Waals surface area contributed by atoms with Gasteiger partial charge in [0.25, 0.3) is 0 Å². The molecule has 126 valence electrons. The van der Waals surface area contributed by atoms with Gasteiger partial charge in [0.05, 0.1) is 23.3 Å². The fraction of sp³-hybridized carbons (Fsp3) is 0.158. The summed E-state index contributed by atoms with van der Waals surface area (Å²) in [4.78, 5) is 4.27. The maximum absolute atomic E-state index is 10.1. The zero-order valence-electron chi connectivity index (χ0n) is 14.0. The van der Waals surface area contributed by atoms with Gasteiger partial charge < -0.3 is 10.3 Å². The molecule has 0 aliphatic carbocycles. The van der Waals surface area contributed by atoms with Crippen LogP contribution >= 0.6 is 0 Å². The molecule has 1 heterocycles. The Kier molecular flexibility index (Phi) is 4.70. The van der Waals surface area contributed by atoms with Crippen molar-refractivity contribution in [2.24, 2.45) is 15.4 Å². The fourth-order valence-corrected chi connectivity index (χ4v) is 2.59. The number of hydrogen-bond acceptors (Lipinski definition) is 6. The van der Waals surface area contributed by atoms with Crippen LogP contribution in [0.5, 0.6) is 5.75 Å². The third-order valence-electron chi connectivity index (χ3n) is 3.91. The minimum absolute atomic E-state index is 0.0342. The van der Waals surface area contributed by atoms with Crippen molar-refractivity contribution >= 4 is 28.5 Å². The molecule has 0 aliphatic rings. The summed E-state index contributed by atoms with van der Waals surface area (Å²) in [7, 11) is 0. The highest BCUT2D eigenvalue weighted by atomic mass is 16.4. The van der Waals surface area contributed by atoms with E-state index in [1.807, 2.05) is 13.0 Å². The average Bonchev–Trinajstić information content (AvgIpc) is 2.62. The third kappa shape index (κ3) is 3.47. The Morgan fingerprint density at radius 1 is 1.04 bits per heavy atom. The predicted molar refractivity (Wildman–Crippen MR) is 97.5 cm³/mol. The summed E-state index contributed by atoms with van der Waals surface area (Å²) in [6.07, 6.45) is 2.07. The molecule has 0 aliphatic heterocycles. The van der Waals surface area contributed by atoms with E-state index in [9.17, 15) is 5.11 Å². The van der Waals surface area contributed by atoms with Crippen molar-refractivity contribution in [1.82, 2.24) is 4.98 Å². The summed E-state index contributed by atoms with van der Waals surface area (Å²) in [6.45, 7) is 4.09. The average molecular weight is 334 g/mol. The van der Waals surface area contributed by atoms with Crippen molar-refractivity contribution in [3.8, 4) is 5.75 Å². The number of aromatic hydroxyl groups is 1. The molecule has 3 aromatic rings. The lowest BCUT2D eigenvalue weighted by Crippen LogP contribution is -1.89. The van der Waals surface area contributed by atoms with E-state index in [0.29, 0.717) is 22.3 Å². The molecule has 0 unspecified atom stereocenters. The first-order chi connectivity index (χ1) is 12.1. The minimum Gasteiger partial charge on any atom is -0.506 e. The second-order valence-corrected chi connectivity index (χ2v) is 5.67. The Bertz CT molecular complexity index is 981. The van der Waals surface area contributed by atoms with Crippen LogP contribution < -0.4 is 0 Å². The van der Waals surface area contributed by atoms with Gasteiger partial charge >= 0.3 is 0 Å². The monoisotopic (exact) mass is 334 g/mol. The first-order valence-corrected chi connectivity index (χ1v) is 7.93. The van der Waals surface area contributed by atoms with Crippen LogP contribution in [-0.4, -0.2) is 21.5 Å². The number of fused-ring (bicyclic) bond motifs is 1. The van der Waals surface area contributed by atoms with Crippen LogP contribution in [0.1, 0.15) is 23.7 Å². The van der Waals surface area contributed by atoms with Crippen molar-refractivity contribution in [2.75, 3.05) is 0 Å². The molecule has 0 bridgehead atoms. The Balaban J connectivity index is 2.08. The first-order valence-electron chi connectivity index (χ1n) is 7.93. The van der Waals surface area contributed by atoms with Gasteiger partial charge in [-0.25, -0.2) is 4.98 Å². The summed E-state index contributed by atoms with van der Waals surface area (Å²) < 4.78 is 0. The number of aromatic nitrogens is 1. The van der Waals surface area contributed by atoms with Gasteiger partial charge in [-0.3, -0.25) is 0 Å². The molecule has 0 atom stereocenters. The number of phenolic OH excluding ortho intramolecular Hbond substituents is 1. The number of benzene rings is 2. The van der Waals surface area contributed by atoms with Crippen LogP contribution in [0.3, 0.4) is 0 Å². The number of azo groups is 1. The van der Waals surface area contributed by atoms with Gasteiger partial charge in [-0.15, -0.1) is 5.11 Å². The van der Waals surface area contributed by atoms with Gasteiger partial charge in [0.2, 0.25) is 0 Å². The number of aryl methyl sites for hydroxylation is 2. The van der Waals surface area contributed by atoms with Gasteiger partial charge in [-0.05, 0) is 54.8 Å². The standard InChI is InChI=1S/C19H18N4O2/c1-3-13-5-4-12(2)10-17(13)23-22-16-8-9-18(24)19-15(16)7-6-14(21-19)11-20-25/h4-11,24-25H,3H2,1-2H3/b20-11+,23-22?. The molecule has 2 aromatic carbocycles. The molecular weight excluding hydrogens is 316 g/mol. The first kappa shape index (κ1) is 16.6. The maximum atomic E-state index is 10.1. The van der Waals surface area contributed by atoms with Crippen molar-refractivity contribution in [3.05, 3.63) is 59.3 Å². The topological polar surface area (TPSA) is 90.4 Å². The van der Waals surface area contributed by atoms with Crippen LogP contribution in [0.25, 0.3) is 10.9 Å². The second-order valence-electron chi connectivity index (χ2n) is 5.67. The predicted octanol–water partition coefficient (Wildman–Crippen LogP) is 5.03. The number of pyridine rings is 1. The van der Waals surface area contributed by atoms with E-state index in [0.717, 1.165) is 23.2 Å². The lowest BCUT2D eigenvalue weighted by molar-refractivity contribution is 0.321. The zero-order valence-corrected chi connectivity index (χ0v) is 14.0. The summed E-state index contributed by atoms with van der Waals surface area (Å²) in [5.74, 6) is 0.0342. The molecule has 1 aromatic heterocycles. The second kappa shape index (κ2) is 7.09. The third-order valence-corrected chi connectivity index (χ3v) is 3.91. The molecular formula is C19H18N4O2. The van der Waals surface area contributed by atoms with E-state index < -0.39 is 0 Å². The Hall–Kier alpha value is -3.28. The number of rotatable bonds is 4. The maximum Gasteiger partial charge on any atom is 0.141 e. The number of nitrogens with zero attached hydrogens (tertiary/aromatic N) is 4. The molecule has 6 heteroatoms. The lowest BCUT2D eigenvalue weighted by atomic mass is 10.1. The van der Waals surface area contributed by atoms with Crippen LogP contribution in [0.2, 0.25) is 0 Å². The van der Waals surface area contributed by atoms with Gasteiger partial charge in [0.15, 0.2) is 0 Å². The van der Waals surface area contributed by atoms with Crippen molar-refractivity contribution < 1.29 is 10.3 Å². The van der Waals surface area contributed by atoms with E-state index in [-0.39, 0.29) is 5.75 Å². The molecule has 0 saturated carbocycles. The molecule has 0 saturated heterocycles. The van der Waals surface area contributed by atoms with Crippen LogP contribution in [0.15, 0.2) is 57.8 Å². The van der Waals surface area contributed by atoms with E-state index in [2.05, 4.69) is 39.4 Å². The molecule has 0 amide bonds. The van der Waals surface area contributed by atoms with Crippen molar-refractivity contribution in [3.63, 3.8) is 0 Å². The fourth-order valence-electron chi connectivity index (χ4n) is 2.59. The molecule has 0 spiro atoms. The Morgan fingerprint density at radius 2 is 1.84 bits per heavy atom. The summed E-state index contributed by atoms with van der Waals surface area (Å²) >= 11 is 0. The normalized spacial score (nSPS) is 11.8. The Labute approximate surface area is 145 Å². The van der Waals surface area contributed by atoms with Gasteiger partial charge in [0, 0.05) is 5.39 Å². The van der Waals surface area contributed by atoms with E-state index in [4.69, 9.17) is 5.21 Å². The van der Waals surface area contributed by atoms with Crippen LogP contribution in [0, 0.1) is 6.92 Å². The molecule has 2 N–H and O–H groups in total. The van der Waals surface area contributed by atoms with Gasteiger partial charge in [-0.2, -0.15) is 5.11 Å².